The van der Waals surface area contributed by atoms with E-state index in [0.29, 0.717) is 16.8 Å². The van der Waals surface area contributed by atoms with Crippen LogP contribution in [0.1, 0.15) is 26.3 Å². The van der Waals surface area contributed by atoms with Crippen LogP contribution in [0.5, 0.6) is 0 Å². The van der Waals surface area contributed by atoms with E-state index in [1.54, 1.807) is 36.4 Å². The van der Waals surface area contributed by atoms with Crippen LogP contribution in [0.15, 0.2) is 46.9 Å². The third-order valence-electron chi connectivity index (χ3n) is 2.93. The summed E-state index contributed by atoms with van der Waals surface area (Å²) in [6.07, 6.45) is 0. The molecule has 0 spiro atoms. The van der Waals surface area contributed by atoms with Crippen molar-refractivity contribution < 1.29 is 14.3 Å². The molecule has 1 amide bonds. The molecule has 2 aromatic carbocycles. The van der Waals surface area contributed by atoms with Gasteiger partial charge in [0.1, 0.15) is 0 Å². The second-order valence-electron chi connectivity index (χ2n) is 4.50. The van der Waals surface area contributed by atoms with E-state index in [1.165, 1.54) is 7.11 Å². The van der Waals surface area contributed by atoms with Gasteiger partial charge < -0.3 is 10.1 Å². The van der Waals surface area contributed by atoms with E-state index in [2.05, 4.69) is 21.2 Å². The fourth-order valence-electron chi connectivity index (χ4n) is 1.84. The number of ether oxygens (including phenoxy) is 1. The van der Waals surface area contributed by atoms with Crippen LogP contribution in [0.2, 0.25) is 0 Å². The number of aryl methyl sites for hydroxylation is 1. The molecule has 108 valence electrons. The normalized spacial score (nSPS) is 10.0. The maximum absolute atomic E-state index is 12.2. The van der Waals surface area contributed by atoms with Crippen molar-refractivity contribution in [2.24, 2.45) is 0 Å². The van der Waals surface area contributed by atoms with Crippen LogP contribution in [0.25, 0.3) is 0 Å². The van der Waals surface area contributed by atoms with Gasteiger partial charge in [-0.3, -0.25) is 4.79 Å². The smallest absolute Gasteiger partial charge is 0.339 e. The number of methoxy groups -OCH3 is 1. The number of hydrogen-bond acceptors (Lipinski definition) is 3. The molecule has 0 saturated carbocycles. The maximum atomic E-state index is 12.2. The van der Waals surface area contributed by atoms with Gasteiger partial charge in [0.05, 0.1) is 18.4 Å². The summed E-state index contributed by atoms with van der Waals surface area (Å²) in [5.74, 6) is -0.763. The monoisotopic (exact) mass is 347 g/mol. The highest BCUT2D eigenvalue weighted by Crippen LogP contribution is 2.20. The van der Waals surface area contributed by atoms with E-state index < -0.39 is 5.97 Å². The number of rotatable bonds is 3. The van der Waals surface area contributed by atoms with Gasteiger partial charge in [-0.1, -0.05) is 27.6 Å². The molecule has 21 heavy (non-hydrogen) atoms. The van der Waals surface area contributed by atoms with Crippen LogP contribution in [0.4, 0.5) is 5.69 Å². The van der Waals surface area contributed by atoms with E-state index in [1.807, 2.05) is 13.0 Å². The van der Waals surface area contributed by atoms with Crippen LogP contribution >= 0.6 is 15.9 Å². The molecule has 0 heterocycles. The number of carbonyl (C=O) groups excluding carboxylic acids is 2. The molecule has 0 aromatic heterocycles. The van der Waals surface area contributed by atoms with Gasteiger partial charge >= 0.3 is 5.97 Å². The van der Waals surface area contributed by atoms with Gasteiger partial charge in [0.25, 0.3) is 5.91 Å². The largest absolute Gasteiger partial charge is 0.465 e. The molecule has 0 aliphatic rings. The summed E-state index contributed by atoms with van der Waals surface area (Å²) in [4.78, 5) is 24.0. The highest BCUT2D eigenvalue weighted by Gasteiger charge is 2.15. The van der Waals surface area contributed by atoms with Crippen molar-refractivity contribution in [3.05, 3.63) is 63.6 Å². The Hall–Kier alpha value is -2.14. The van der Waals surface area contributed by atoms with Gasteiger partial charge in [-0.15, -0.1) is 0 Å². The molecular formula is C16H14BrNO3. The quantitative estimate of drug-likeness (QED) is 0.859. The molecule has 5 heteroatoms. The Morgan fingerprint density at radius 3 is 2.38 bits per heavy atom. The van der Waals surface area contributed by atoms with Gasteiger partial charge in [0, 0.05) is 10.0 Å². The molecule has 2 rings (SSSR count). The summed E-state index contributed by atoms with van der Waals surface area (Å²) in [5.41, 5.74) is 2.19. The Labute approximate surface area is 131 Å². The molecule has 0 unspecified atom stereocenters. The van der Waals surface area contributed by atoms with Gasteiger partial charge in [0.15, 0.2) is 0 Å². The number of hydrogen-bond donors (Lipinski definition) is 1. The molecule has 1 N–H and O–H groups in total. The molecule has 0 radical (unpaired) electrons. The van der Waals surface area contributed by atoms with Crippen molar-refractivity contribution >= 4 is 33.5 Å². The average Bonchev–Trinajstić information content (AvgIpc) is 2.48. The summed E-state index contributed by atoms with van der Waals surface area (Å²) in [7, 11) is 1.31. The highest BCUT2D eigenvalue weighted by atomic mass is 79.9. The number of nitrogens with one attached hydrogen (secondary N) is 1. The number of anilines is 1. The van der Waals surface area contributed by atoms with E-state index in [4.69, 9.17) is 4.74 Å². The molecule has 0 aliphatic carbocycles. The molecule has 0 bridgehead atoms. The minimum absolute atomic E-state index is 0.281. The second kappa shape index (κ2) is 6.54. The molecule has 0 fully saturated rings. The Morgan fingerprint density at radius 1 is 1.10 bits per heavy atom. The first kappa shape index (κ1) is 15.3. The zero-order valence-electron chi connectivity index (χ0n) is 11.6. The second-order valence-corrected chi connectivity index (χ2v) is 5.42. The third-order valence-corrected chi connectivity index (χ3v) is 3.46. The van der Waals surface area contributed by atoms with E-state index in [0.717, 1.165) is 10.0 Å². The van der Waals surface area contributed by atoms with Gasteiger partial charge in [0.2, 0.25) is 0 Å². The zero-order chi connectivity index (χ0) is 15.4. The fraction of sp³-hybridized carbons (Fsp3) is 0.125. The molecular weight excluding hydrogens is 334 g/mol. The summed E-state index contributed by atoms with van der Waals surface area (Å²) in [6, 6.07) is 12.2. The third kappa shape index (κ3) is 3.70. The van der Waals surface area contributed by atoms with E-state index in [-0.39, 0.29) is 5.91 Å². The predicted molar refractivity (Wildman–Crippen MR) is 84.6 cm³/mol. The van der Waals surface area contributed by atoms with Gasteiger partial charge in [-0.25, -0.2) is 4.79 Å². The Kier molecular flexibility index (Phi) is 4.75. The maximum Gasteiger partial charge on any atom is 0.339 e. The predicted octanol–water partition coefficient (Wildman–Crippen LogP) is 3.80. The number of carbonyl (C=O) groups is 2. The van der Waals surface area contributed by atoms with Crippen LogP contribution in [-0.4, -0.2) is 19.0 Å². The summed E-state index contributed by atoms with van der Waals surface area (Å²) >= 11 is 3.32. The number of benzene rings is 2. The van der Waals surface area contributed by atoms with Crippen LogP contribution < -0.4 is 5.32 Å². The lowest BCUT2D eigenvalue weighted by atomic mass is 10.1. The Morgan fingerprint density at radius 2 is 1.76 bits per heavy atom. The van der Waals surface area contributed by atoms with E-state index >= 15 is 0 Å². The lowest BCUT2D eigenvalue weighted by Crippen LogP contribution is -2.15. The molecule has 0 saturated heterocycles. The van der Waals surface area contributed by atoms with Crippen molar-refractivity contribution in [1.82, 2.24) is 0 Å². The van der Waals surface area contributed by atoms with Crippen molar-refractivity contribution in [1.29, 1.82) is 0 Å². The molecule has 0 aliphatic heterocycles. The lowest BCUT2D eigenvalue weighted by Gasteiger charge is -2.10. The fourth-order valence-corrected chi connectivity index (χ4v) is 2.11. The van der Waals surface area contributed by atoms with Crippen LogP contribution in [-0.2, 0) is 4.74 Å². The lowest BCUT2D eigenvalue weighted by molar-refractivity contribution is 0.0602. The van der Waals surface area contributed by atoms with Gasteiger partial charge in [-0.2, -0.15) is 0 Å². The highest BCUT2D eigenvalue weighted by molar-refractivity contribution is 9.10. The average molecular weight is 348 g/mol. The first-order valence-electron chi connectivity index (χ1n) is 6.27. The topological polar surface area (TPSA) is 55.4 Å². The van der Waals surface area contributed by atoms with Crippen molar-refractivity contribution in [3.8, 4) is 0 Å². The SMILES string of the molecule is COC(=O)c1cc(C)ccc1NC(=O)c1ccc(Br)cc1. The van der Waals surface area contributed by atoms with Gasteiger partial charge in [-0.05, 0) is 43.3 Å². The first-order valence-corrected chi connectivity index (χ1v) is 7.06. The minimum atomic E-state index is -0.482. The summed E-state index contributed by atoms with van der Waals surface area (Å²) < 4.78 is 5.63. The Balaban J connectivity index is 2.28. The van der Waals surface area contributed by atoms with Crippen molar-refractivity contribution in [2.75, 3.05) is 12.4 Å². The number of esters is 1. The zero-order valence-corrected chi connectivity index (χ0v) is 13.2. The number of halogens is 1. The summed E-state index contributed by atoms with van der Waals surface area (Å²) in [6.45, 7) is 1.87. The standard InChI is InChI=1S/C16H14BrNO3/c1-10-3-8-14(13(9-10)16(20)21-2)18-15(19)11-4-6-12(17)7-5-11/h3-9H,1-2H3,(H,18,19). The minimum Gasteiger partial charge on any atom is -0.465 e. The van der Waals surface area contributed by atoms with Crippen molar-refractivity contribution in [3.63, 3.8) is 0 Å². The van der Waals surface area contributed by atoms with Crippen LogP contribution in [0, 0.1) is 6.92 Å². The molecule has 0 atom stereocenters. The van der Waals surface area contributed by atoms with Crippen molar-refractivity contribution in [2.45, 2.75) is 6.92 Å². The summed E-state index contributed by atoms with van der Waals surface area (Å²) in [5, 5.41) is 2.73. The molecule has 4 nitrogen and oxygen atoms in total. The number of amides is 1. The Bertz CT molecular complexity index is 680. The van der Waals surface area contributed by atoms with Crippen LogP contribution in [0.3, 0.4) is 0 Å². The van der Waals surface area contributed by atoms with E-state index in [9.17, 15) is 9.59 Å². The first-order chi connectivity index (χ1) is 10.0. The molecule has 2 aromatic rings.